The van der Waals surface area contributed by atoms with Gasteiger partial charge in [0.2, 0.25) is 0 Å². The zero-order valence-electron chi connectivity index (χ0n) is 12.5. The minimum atomic E-state index is -0.0819. The SMILES string of the molecule is CCn1c(CCNC(=O)c2ccncc2)nc2ccccc21. The molecule has 1 aromatic carbocycles. The van der Waals surface area contributed by atoms with E-state index in [0.29, 0.717) is 18.5 Å². The van der Waals surface area contributed by atoms with Gasteiger partial charge in [-0.15, -0.1) is 0 Å². The summed E-state index contributed by atoms with van der Waals surface area (Å²) in [7, 11) is 0. The van der Waals surface area contributed by atoms with Crippen LogP contribution < -0.4 is 5.32 Å². The van der Waals surface area contributed by atoms with Crippen LogP contribution in [0.25, 0.3) is 11.0 Å². The Balaban J connectivity index is 1.68. The molecule has 0 unspecified atom stereocenters. The zero-order valence-corrected chi connectivity index (χ0v) is 12.5. The number of carbonyl (C=O) groups excluding carboxylic acids is 1. The van der Waals surface area contributed by atoms with Gasteiger partial charge in [0, 0.05) is 37.5 Å². The molecule has 0 saturated heterocycles. The number of amides is 1. The summed E-state index contributed by atoms with van der Waals surface area (Å²) >= 11 is 0. The number of para-hydroxylation sites is 2. The summed E-state index contributed by atoms with van der Waals surface area (Å²) < 4.78 is 2.19. The third-order valence-electron chi connectivity index (χ3n) is 3.63. The van der Waals surface area contributed by atoms with Crippen molar-refractivity contribution in [2.45, 2.75) is 19.9 Å². The van der Waals surface area contributed by atoms with Gasteiger partial charge in [-0.2, -0.15) is 0 Å². The lowest BCUT2D eigenvalue weighted by Gasteiger charge is -2.07. The lowest BCUT2D eigenvalue weighted by molar-refractivity contribution is 0.0954. The molecule has 112 valence electrons. The third-order valence-corrected chi connectivity index (χ3v) is 3.63. The van der Waals surface area contributed by atoms with E-state index < -0.39 is 0 Å². The van der Waals surface area contributed by atoms with Crippen molar-refractivity contribution < 1.29 is 4.79 Å². The van der Waals surface area contributed by atoms with Crippen LogP contribution in [0.3, 0.4) is 0 Å². The average molecular weight is 294 g/mol. The maximum Gasteiger partial charge on any atom is 0.251 e. The zero-order chi connectivity index (χ0) is 15.4. The van der Waals surface area contributed by atoms with Gasteiger partial charge in [0.25, 0.3) is 5.91 Å². The Labute approximate surface area is 129 Å². The fraction of sp³-hybridized carbons (Fsp3) is 0.235. The van der Waals surface area contributed by atoms with Gasteiger partial charge in [0.05, 0.1) is 11.0 Å². The molecule has 0 fully saturated rings. The van der Waals surface area contributed by atoms with Crippen molar-refractivity contribution in [2.75, 3.05) is 6.54 Å². The number of imidazole rings is 1. The summed E-state index contributed by atoms with van der Waals surface area (Å²) in [6.07, 6.45) is 3.94. The highest BCUT2D eigenvalue weighted by molar-refractivity contribution is 5.93. The summed E-state index contributed by atoms with van der Waals surface area (Å²) in [4.78, 5) is 20.6. The minimum absolute atomic E-state index is 0.0819. The van der Waals surface area contributed by atoms with Crippen LogP contribution in [0.5, 0.6) is 0 Å². The number of benzene rings is 1. The largest absolute Gasteiger partial charge is 0.352 e. The molecule has 3 rings (SSSR count). The molecule has 0 aliphatic carbocycles. The lowest BCUT2D eigenvalue weighted by Crippen LogP contribution is -2.26. The summed E-state index contributed by atoms with van der Waals surface area (Å²) in [5.74, 6) is 0.917. The molecule has 22 heavy (non-hydrogen) atoms. The third kappa shape index (κ3) is 2.83. The molecule has 1 N–H and O–H groups in total. The smallest absolute Gasteiger partial charge is 0.251 e. The molecule has 5 nitrogen and oxygen atoms in total. The second-order valence-electron chi connectivity index (χ2n) is 5.00. The van der Waals surface area contributed by atoms with Crippen LogP contribution in [-0.2, 0) is 13.0 Å². The second kappa shape index (κ2) is 6.39. The number of aromatic nitrogens is 3. The summed E-state index contributed by atoms with van der Waals surface area (Å²) in [5.41, 5.74) is 2.76. The Morgan fingerprint density at radius 1 is 1.18 bits per heavy atom. The van der Waals surface area contributed by atoms with Crippen molar-refractivity contribution in [1.29, 1.82) is 0 Å². The number of fused-ring (bicyclic) bond motifs is 1. The van der Waals surface area contributed by atoms with E-state index >= 15 is 0 Å². The number of aryl methyl sites for hydroxylation is 1. The van der Waals surface area contributed by atoms with Gasteiger partial charge >= 0.3 is 0 Å². The first-order valence-corrected chi connectivity index (χ1v) is 7.42. The highest BCUT2D eigenvalue weighted by Crippen LogP contribution is 2.16. The predicted octanol–water partition coefficient (Wildman–Crippen LogP) is 2.42. The maximum absolute atomic E-state index is 12.0. The molecule has 0 aliphatic rings. The number of rotatable bonds is 5. The molecule has 0 spiro atoms. The Morgan fingerprint density at radius 3 is 2.73 bits per heavy atom. The van der Waals surface area contributed by atoms with Crippen molar-refractivity contribution in [1.82, 2.24) is 19.9 Å². The Bertz CT molecular complexity index is 780. The van der Waals surface area contributed by atoms with Crippen LogP contribution in [-0.4, -0.2) is 27.0 Å². The number of nitrogens with zero attached hydrogens (tertiary/aromatic N) is 3. The van der Waals surface area contributed by atoms with Crippen molar-refractivity contribution in [3.63, 3.8) is 0 Å². The van der Waals surface area contributed by atoms with Crippen LogP contribution in [0.4, 0.5) is 0 Å². The van der Waals surface area contributed by atoms with E-state index in [1.165, 1.54) is 0 Å². The number of pyridine rings is 1. The second-order valence-corrected chi connectivity index (χ2v) is 5.00. The van der Waals surface area contributed by atoms with Crippen molar-refractivity contribution in [3.8, 4) is 0 Å². The van der Waals surface area contributed by atoms with E-state index in [-0.39, 0.29) is 5.91 Å². The Kier molecular flexibility index (Phi) is 4.14. The van der Waals surface area contributed by atoms with E-state index in [1.807, 2.05) is 18.2 Å². The molecule has 1 amide bonds. The monoisotopic (exact) mass is 294 g/mol. The maximum atomic E-state index is 12.0. The van der Waals surface area contributed by atoms with Crippen LogP contribution in [0.15, 0.2) is 48.8 Å². The first-order chi connectivity index (χ1) is 10.8. The fourth-order valence-corrected chi connectivity index (χ4v) is 2.56. The molecule has 5 heteroatoms. The highest BCUT2D eigenvalue weighted by atomic mass is 16.1. The molecular formula is C17H18N4O. The number of nitrogens with one attached hydrogen (secondary N) is 1. The quantitative estimate of drug-likeness (QED) is 0.786. The summed E-state index contributed by atoms with van der Waals surface area (Å²) in [6.45, 7) is 3.53. The van der Waals surface area contributed by atoms with Gasteiger partial charge in [-0.05, 0) is 31.2 Å². The van der Waals surface area contributed by atoms with Crippen LogP contribution in [0.2, 0.25) is 0 Å². The number of hydrogen-bond acceptors (Lipinski definition) is 3. The molecule has 2 heterocycles. The fourth-order valence-electron chi connectivity index (χ4n) is 2.56. The highest BCUT2D eigenvalue weighted by Gasteiger charge is 2.09. The molecule has 0 bridgehead atoms. The van der Waals surface area contributed by atoms with E-state index in [9.17, 15) is 4.79 Å². The van der Waals surface area contributed by atoms with Gasteiger partial charge in [0.15, 0.2) is 0 Å². The molecular weight excluding hydrogens is 276 g/mol. The molecule has 0 saturated carbocycles. The lowest BCUT2D eigenvalue weighted by atomic mass is 10.2. The molecule has 0 aliphatic heterocycles. The molecule has 0 radical (unpaired) electrons. The van der Waals surface area contributed by atoms with Gasteiger partial charge in [-0.3, -0.25) is 9.78 Å². The molecule has 0 atom stereocenters. The van der Waals surface area contributed by atoms with E-state index in [2.05, 4.69) is 32.8 Å². The Morgan fingerprint density at radius 2 is 1.95 bits per heavy atom. The minimum Gasteiger partial charge on any atom is -0.352 e. The van der Waals surface area contributed by atoms with Gasteiger partial charge in [-0.1, -0.05) is 12.1 Å². The topological polar surface area (TPSA) is 59.8 Å². The molecule has 2 aromatic heterocycles. The standard InChI is InChI=1S/C17H18N4O/c1-2-21-15-6-4-3-5-14(15)20-16(21)9-12-19-17(22)13-7-10-18-11-8-13/h3-8,10-11H,2,9,12H2,1H3,(H,19,22). The van der Waals surface area contributed by atoms with Gasteiger partial charge in [0.1, 0.15) is 5.82 Å². The normalized spacial score (nSPS) is 10.8. The summed E-state index contributed by atoms with van der Waals surface area (Å²) in [6, 6.07) is 11.5. The first kappa shape index (κ1) is 14.3. The average Bonchev–Trinajstić information content (AvgIpc) is 2.93. The number of carbonyl (C=O) groups is 1. The van der Waals surface area contributed by atoms with Crippen molar-refractivity contribution in [3.05, 3.63) is 60.2 Å². The summed E-state index contributed by atoms with van der Waals surface area (Å²) in [5, 5.41) is 2.92. The Hall–Kier alpha value is -2.69. The number of hydrogen-bond donors (Lipinski definition) is 1. The van der Waals surface area contributed by atoms with Crippen LogP contribution >= 0.6 is 0 Å². The van der Waals surface area contributed by atoms with E-state index in [1.54, 1.807) is 24.5 Å². The van der Waals surface area contributed by atoms with Gasteiger partial charge < -0.3 is 9.88 Å². The van der Waals surface area contributed by atoms with E-state index in [4.69, 9.17) is 0 Å². The predicted molar refractivity (Wildman–Crippen MR) is 85.7 cm³/mol. The van der Waals surface area contributed by atoms with Crippen molar-refractivity contribution in [2.24, 2.45) is 0 Å². The van der Waals surface area contributed by atoms with Crippen LogP contribution in [0.1, 0.15) is 23.1 Å². The van der Waals surface area contributed by atoms with E-state index in [0.717, 1.165) is 23.4 Å². The first-order valence-electron chi connectivity index (χ1n) is 7.42. The van der Waals surface area contributed by atoms with Crippen molar-refractivity contribution >= 4 is 16.9 Å². The molecule has 3 aromatic rings. The van der Waals surface area contributed by atoms with Crippen LogP contribution in [0, 0.1) is 0 Å². The van der Waals surface area contributed by atoms with Gasteiger partial charge in [-0.25, -0.2) is 4.98 Å².